The van der Waals surface area contributed by atoms with E-state index in [1.165, 1.54) is 24.3 Å². The van der Waals surface area contributed by atoms with Crippen LogP contribution >= 0.6 is 0 Å². The van der Waals surface area contributed by atoms with Gasteiger partial charge in [0.05, 0.1) is 21.3 Å². The topological polar surface area (TPSA) is 169 Å². The Morgan fingerprint density at radius 2 is 1.14 bits per heavy atom. The number of non-ortho nitro benzene ring substituents is 2. The van der Waals surface area contributed by atoms with Crippen molar-refractivity contribution in [2.45, 2.75) is 46.0 Å². The molecule has 0 aliphatic rings. The third-order valence-electron chi connectivity index (χ3n) is 4.95. The van der Waals surface area contributed by atoms with E-state index in [1.54, 1.807) is 38.1 Å². The number of benzene rings is 2. The average molecular weight is 482 g/mol. The van der Waals surface area contributed by atoms with Gasteiger partial charge in [-0.25, -0.2) is 10.9 Å². The summed E-state index contributed by atoms with van der Waals surface area (Å²) in [7, 11) is 0. The molecule has 0 saturated carbocycles. The fourth-order valence-electron chi connectivity index (χ4n) is 2.97. The zero-order chi connectivity index (χ0) is 25.8. The van der Waals surface area contributed by atoms with Gasteiger partial charge in [-0.15, -0.1) is 0 Å². The lowest BCUT2D eigenvalue weighted by molar-refractivity contribution is -0.385. The molecular weight excluding hydrogens is 456 g/mol. The van der Waals surface area contributed by atoms with Crippen LogP contribution in [0.15, 0.2) is 58.7 Å². The average Bonchev–Trinajstić information content (AvgIpc) is 2.85. The molecule has 0 atom stereocenters. The summed E-state index contributed by atoms with van der Waals surface area (Å²) in [6, 6.07) is 11.9. The highest BCUT2D eigenvalue weighted by Crippen LogP contribution is 2.14. The molecule has 0 spiro atoms. The smallest absolute Gasteiger partial charge is 0.270 e. The molecule has 35 heavy (non-hydrogen) atoms. The van der Waals surface area contributed by atoms with Crippen LogP contribution in [0.1, 0.15) is 57.1 Å². The molecule has 2 aromatic carbocycles. The van der Waals surface area contributed by atoms with Crippen molar-refractivity contribution in [2.24, 2.45) is 10.2 Å². The second-order valence-corrected chi connectivity index (χ2v) is 7.64. The van der Waals surface area contributed by atoms with Gasteiger partial charge in [0, 0.05) is 48.2 Å². The lowest BCUT2D eigenvalue weighted by atomic mass is 10.1. The molecule has 12 heteroatoms. The van der Waals surface area contributed by atoms with Crippen LogP contribution in [0.25, 0.3) is 0 Å². The molecule has 2 aromatic rings. The molecule has 0 saturated heterocycles. The number of nitrogens with one attached hydrogen (secondary N) is 2. The first-order valence-corrected chi connectivity index (χ1v) is 10.8. The van der Waals surface area contributed by atoms with Crippen molar-refractivity contribution in [1.82, 2.24) is 10.9 Å². The number of nitrogens with zero attached hydrogens (tertiary/aromatic N) is 4. The lowest BCUT2D eigenvalue weighted by Crippen LogP contribution is -2.19. The molecule has 12 nitrogen and oxygen atoms in total. The van der Waals surface area contributed by atoms with E-state index in [1.807, 2.05) is 0 Å². The lowest BCUT2D eigenvalue weighted by Gasteiger charge is -2.04. The SMILES string of the molecule is C/C(=N\NC(=O)CCCCCC(=O)N/N=C(\C)c1cccc([N+](=O)[O-])c1)c1cccc([N+](=O)[O-])c1. The number of hydrogen-bond acceptors (Lipinski definition) is 8. The number of amides is 2. The van der Waals surface area contributed by atoms with Crippen molar-refractivity contribution in [1.29, 1.82) is 0 Å². The van der Waals surface area contributed by atoms with E-state index < -0.39 is 9.85 Å². The van der Waals surface area contributed by atoms with Crippen molar-refractivity contribution in [3.8, 4) is 0 Å². The predicted octanol–water partition coefficient (Wildman–Crippen LogP) is 3.83. The number of nitro benzene ring substituents is 2. The fraction of sp³-hybridized carbons (Fsp3) is 0.304. The maximum atomic E-state index is 12.0. The van der Waals surface area contributed by atoms with E-state index in [2.05, 4.69) is 21.1 Å². The minimum Gasteiger partial charge on any atom is -0.273 e. The number of nitro groups is 2. The normalized spacial score (nSPS) is 11.6. The first-order valence-electron chi connectivity index (χ1n) is 10.8. The predicted molar refractivity (Wildman–Crippen MR) is 130 cm³/mol. The summed E-state index contributed by atoms with van der Waals surface area (Å²) in [5.41, 5.74) is 6.70. The summed E-state index contributed by atoms with van der Waals surface area (Å²) in [5.74, 6) is -0.590. The number of hydrogen-bond donors (Lipinski definition) is 2. The van der Waals surface area contributed by atoms with Crippen molar-refractivity contribution in [2.75, 3.05) is 0 Å². The molecule has 0 fully saturated rings. The Labute approximate surface area is 201 Å². The number of unbranched alkanes of at least 4 members (excludes halogenated alkanes) is 2. The molecule has 2 rings (SSSR count). The highest BCUT2D eigenvalue weighted by molar-refractivity contribution is 6.00. The van der Waals surface area contributed by atoms with E-state index in [4.69, 9.17) is 0 Å². The van der Waals surface area contributed by atoms with Gasteiger partial charge in [0.1, 0.15) is 0 Å². The zero-order valence-corrected chi connectivity index (χ0v) is 19.4. The van der Waals surface area contributed by atoms with E-state index in [0.717, 1.165) is 0 Å². The first kappa shape index (κ1) is 26.8. The van der Waals surface area contributed by atoms with Crippen molar-refractivity contribution < 1.29 is 19.4 Å². The summed E-state index contributed by atoms with van der Waals surface area (Å²) < 4.78 is 0. The van der Waals surface area contributed by atoms with Crippen LogP contribution < -0.4 is 10.9 Å². The summed E-state index contributed by atoms with van der Waals surface area (Å²) in [5, 5.41) is 29.7. The Balaban J connectivity index is 1.68. The van der Waals surface area contributed by atoms with Crippen LogP contribution in [0.5, 0.6) is 0 Å². The van der Waals surface area contributed by atoms with Gasteiger partial charge in [0.15, 0.2) is 0 Å². The Kier molecular flexibility index (Phi) is 10.2. The molecule has 184 valence electrons. The van der Waals surface area contributed by atoms with E-state index in [9.17, 15) is 29.8 Å². The molecule has 0 aromatic heterocycles. The molecule has 0 radical (unpaired) electrons. The molecule has 0 unspecified atom stereocenters. The minimum absolute atomic E-state index is 0.0581. The van der Waals surface area contributed by atoms with Crippen molar-refractivity contribution in [3.63, 3.8) is 0 Å². The molecular formula is C23H26N6O6. The number of carbonyl (C=O) groups is 2. The van der Waals surface area contributed by atoms with Gasteiger partial charge in [-0.05, 0) is 26.7 Å². The van der Waals surface area contributed by atoms with Gasteiger partial charge in [-0.3, -0.25) is 29.8 Å². The quantitative estimate of drug-likeness (QED) is 0.201. The van der Waals surface area contributed by atoms with Crippen LogP contribution in [0.3, 0.4) is 0 Å². The van der Waals surface area contributed by atoms with Crippen LogP contribution in [0, 0.1) is 20.2 Å². The van der Waals surface area contributed by atoms with Gasteiger partial charge in [0.2, 0.25) is 11.8 Å². The van der Waals surface area contributed by atoms with Gasteiger partial charge in [0.25, 0.3) is 11.4 Å². The molecule has 2 amide bonds. The summed E-state index contributed by atoms with van der Waals surface area (Å²) in [6.45, 7) is 3.28. The van der Waals surface area contributed by atoms with Crippen molar-refractivity contribution in [3.05, 3.63) is 79.9 Å². The summed E-state index contributed by atoms with van der Waals surface area (Å²) in [6.07, 6.45) is 2.19. The maximum absolute atomic E-state index is 12.0. The number of hydrazone groups is 2. The summed E-state index contributed by atoms with van der Waals surface area (Å²) >= 11 is 0. The standard InChI is InChI=1S/C23H26N6O6/c1-16(18-8-6-10-20(14-18)28(32)33)24-26-22(30)12-4-3-5-13-23(31)27-25-17(2)19-9-7-11-21(15-19)29(34)35/h6-11,14-15H,3-5,12-13H2,1-2H3,(H,26,30)(H,27,31)/b24-16+,25-17+. The Bertz CT molecular complexity index is 1070. The third-order valence-corrected chi connectivity index (χ3v) is 4.95. The number of rotatable bonds is 12. The van der Waals surface area contributed by atoms with Crippen LogP contribution in [0.4, 0.5) is 11.4 Å². The van der Waals surface area contributed by atoms with Gasteiger partial charge >= 0.3 is 0 Å². The van der Waals surface area contributed by atoms with E-state index in [0.29, 0.717) is 41.8 Å². The van der Waals surface area contributed by atoms with Crippen molar-refractivity contribution >= 4 is 34.6 Å². The summed E-state index contributed by atoms with van der Waals surface area (Å²) in [4.78, 5) is 44.6. The molecule has 0 aliphatic heterocycles. The van der Waals surface area contributed by atoms with E-state index in [-0.39, 0.29) is 36.0 Å². The molecule has 2 N–H and O–H groups in total. The fourth-order valence-corrected chi connectivity index (χ4v) is 2.97. The first-order chi connectivity index (χ1) is 16.7. The zero-order valence-electron chi connectivity index (χ0n) is 19.4. The van der Waals surface area contributed by atoms with Gasteiger partial charge < -0.3 is 0 Å². The largest absolute Gasteiger partial charge is 0.273 e. The molecule has 0 heterocycles. The van der Waals surface area contributed by atoms with Crippen LogP contribution in [-0.2, 0) is 9.59 Å². The highest BCUT2D eigenvalue weighted by atomic mass is 16.6. The Morgan fingerprint density at radius 1 is 0.743 bits per heavy atom. The Hall–Kier alpha value is -4.48. The Morgan fingerprint density at radius 3 is 1.51 bits per heavy atom. The third kappa shape index (κ3) is 9.12. The monoisotopic (exact) mass is 482 g/mol. The van der Waals surface area contributed by atoms with E-state index >= 15 is 0 Å². The molecule has 0 bridgehead atoms. The second kappa shape index (κ2) is 13.3. The minimum atomic E-state index is -0.500. The van der Waals surface area contributed by atoms with Crippen LogP contribution in [0.2, 0.25) is 0 Å². The maximum Gasteiger partial charge on any atom is 0.270 e. The van der Waals surface area contributed by atoms with Gasteiger partial charge in [-0.2, -0.15) is 10.2 Å². The van der Waals surface area contributed by atoms with Crippen LogP contribution in [-0.4, -0.2) is 33.1 Å². The van der Waals surface area contributed by atoms with Gasteiger partial charge in [-0.1, -0.05) is 30.7 Å². The second-order valence-electron chi connectivity index (χ2n) is 7.64. The molecule has 0 aliphatic carbocycles. The highest BCUT2D eigenvalue weighted by Gasteiger charge is 2.09. The number of carbonyl (C=O) groups excluding carboxylic acids is 2.